The highest BCUT2D eigenvalue weighted by Gasteiger charge is 2.11. The van der Waals surface area contributed by atoms with Crippen LogP contribution in [0.15, 0.2) is 0 Å². The van der Waals surface area contributed by atoms with Crippen LogP contribution >= 0.6 is 11.8 Å². The Morgan fingerprint density at radius 3 is 2.62 bits per heavy atom. The van der Waals surface area contributed by atoms with Crippen LogP contribution in [-0.2, 0) is 4.79 Å². The molecule has 3 nitrogen and oxygen atoms in total. The van der Waals surface area contributed by atoms with E-state index in [0.29, 0.717) is 5.75 Å². The Balaban J connectivity index is 3.37. The molecule has 78 valence electrons. The Morgan fingerprint density at radius 1 is 1.54 bits per heavy atom. The first-order chi connectivity index (χ1) is 5.95. The average molecular weight is 204 g/mol. The fourth-order valence-electron chi connectivity index (χ4n) is 0.722. The molecule has 0 aromatic rings. The summed E-state index contributed by atoms with van der Waals surface area (Å²) in [6.45, 7) is 6.73. The van der Waals surface area contributed by atoms with E-state index in [4.69, 9.17) is 5.73 Å². The Labute approximate surface area is 84.8 Å². The summed E-state index contributed by atoms with van der Waals surface area (Å²) in [7, 11) is 0. The number of carbonyl (C=O) groups excluding carboxylic acids is 1. The number of rotatable bonds is 6. The molecule has 0 aliphatic heterocycles. The fraction of sp³-hybridized carbons (Fsp3) is 0.889. The largest absolute Gasteiger partial charge is 0.355 e. The van der Waals surface area contributed by atoms with Crippen molar-refractivity contribution in [1.29, 1.82) is 0 Å². The van der Waals surface area contributed by atoms with Crippen LogP contribution in [0.4, 0.5) is 0 Å². The summed E-state index contributed by atoms with van der Waals surface area (Å²) in [5, 5.41) is 2.82. The highest BCUT2D eigenvalue weighted by Crippen LogP contribution is 2.08. The van der Waals surface area contributed by atoms with Gasteiger partial charge in [-0.15, -0.1) is 0 Å². The third kappa shape index (κ3) is 9.70. The van der Waals surface area contributed by atoms with Crippen molar-refractivity contribution in [2.75, 3.05) is 18.1 Å². The zero-order valence-corrected chi connectivity index (χ0v) is 9.54. The second-order valence-electron chi connectivity index (χ2n) is 3.83. The van der Waals surface area contributed by atoms with Crippen molar-refractivity contribution in [3.63, 3.8) is 0 Å². The standard InChI is InChI=1S/C9H20N2OS/c1-4-5-11-8(12)6-13-7-9(2,3)10/h4-7,10H2,1-3H3,(H,11,12). The molecule has 1 amide bonds. The molecule has 13 heavy (non-hydrogen) atoms. The SMILES string of the molecule is CCCNC(=O)CSCC(C)(C)N. The number of hydrogen-bond donors (Lipinski definition) is 2. The molecule has 0 spiro atoms. The third-order valence-corrected chi connectivity index (χ3v) is 2.69. The molecule has 0 saturated heterocycles. The molecule has 0 radical (unpaired) electrons. The van der Waals surface area contributed by atoms with Gasteiger partial charge in [0.15, 0.2) is 0 Å². The summed E-state index contributed by atoms with van der Waals surface area (Å²) in [4.78, 5) is 11.1. The molecule has 0 unspecified atom stereocenters. The number of amides is 1. The molecule has 0 atom stereocenters. The van der Waals surface area contributed by atoms with Gasteiger partial charge >= 0.3 is 0 Å². The maximum absolute atomic E-state index is 11.1. The third-order valence-electron chi connectivity index (χ3n) is 1.28. The van der Waals surface area contributed by atoms with Crippen LogP contribution in [0.2, 0.25) is 0 Å². The maximum atomic E-state index is 11.1. The van der Waals surface area contributed by atoms with E-state index in [1.54, 1.807) is 11.8 Å². The lowest BCUT2D eigenvalue weighted by Gasteiger charge is -2.17. The van der Waals surface area contributed by atoms with Crippen molar-refractivity contribution < 1.29 is 4.79 Å². The zero-order chi connectivity index (χ0) is 10.3. The second-order valence-corrected chi connectivity index (χ2v) is 4.82. The van der Waals surface area contributed by atoms with Crippen LogP contribution in [0.3, 0.4) is 0 Å². The molecule has 0 heterocycles. The van der Waals surface area contributed by atoms with E-state index in [1.165, 1.54) is 0 Å². The summed E-state index contributed by atoms with van der Waals surface area (Å²) < 4.78 is 0. The van der Waals surface area contributed by atoms with E-state index in [1.807, 2.05) is 20.8 Å². The van der Waals surface area contributed by atoms with E-state index in [9.17, 15) is 4.79 Å². The van der Waals surface area contributed by atoms with Crippen LogP contribution in [0.25, 0.3) is 0 Å². The molecule has 3 N–H and O–H groups in total. The zero-order valence-electron chi connectivity index (χ0n) is 8.72. The van der Waals surface area contributed by atoms with Gasteiger partial charge in [0, 0.05) is 17.8 Å². The Morgan fingerprint density at radius 2 is 2.15 bits per heavy atom. The summed E-state index contributed by atoms with van der Waals surface area (Å²) in [5.41, 5.74) is 5.58. The first-order valence-electron chi connectivity index (χ1n) is 4.59. The van der Waals surface area contributed by atoms with Gasteiger partial charge in [-0.1, -0.05) is 6.92 Å². The lowest BCUT2D eigenvalue weighted by Crippen LogP contribution is -2.35. The Hall–Kier alpha value is -0.220. The van der Waals surface area contributed by atoms with Crippen LogP contribution < -0.4 is 11.1 Å². The van der Waals surface area contributed by atoms with Crippen LogP contribution in [-0.4, -0.2) is 29.5 Å². The normalized spacial score (nSPS) is 11.4. The number of nitrogens with two attached hydrogens (primary N) is 1. The number of carbonyl (C=O) groups is 1. The quantitative estimate of drug-likeness (QED) is 0.678. The minimum atomic E-state index is -0.185. The second kappa shape index (κ2) is 6.27. The minimum Gasteiger partial charge on any atom is -0.355 e. The molecule has 0 aromatic heterocycles. The van der Waals surface area contributed by atoms with Gasteiger partial charge in [0.1, 0.15) is 0 Å². The van der Waals surface area contributed by atoms with Crippen molar-refractivity contribution in [1.82, 2.24) is 5.32 Å². The molecule has 0 bridgehead atoms. The first-order valence-corrected chi connectivity index (χ1v) is 5.74. The predicted octanol–water partition coefficient (Wildman–Crippen LogP) is 0.983. The molecule has 0 rings (SSSR count). The molecule has 0 aromatic carbocycles. The molecule has 0 aliphatic carbocycles. The molecule has 0 fully saturated rings. The smallest absolute Gasteiger partial charge is 0.229 e. The van der Waals surface area contributed by atoms with E-state index in [-0.39, 0.29) is 11.4 Å². The fourth-order valence-corrected chi connectivity index (χ4v) is 1.64. The molecular weight excluding hydrogens is 184 g/mol. The van der Waals surface area contributed by atoms with Gasteiger partial charge < -0.3 is 11.1 Å². The van der Waals surface area contributed by atoms with Gasteiger partial charge in [-0.3, -0.25) is 4.79 Å². The lowest BCUT2D eigenvalue weighted by atomic mass is 10.1. The van der Waals surface area contributed by atoms with Gasteiger partial charge in [0.2, 0.25) is 5.91 Å². The van der Waals surface area contributed by atoms with Crippen molar-refractivity contribution in [2.45, 2.75) is 32.7 Å². The van der Waals surface area contributed by atoms with Gasteiger partial charge in [-0.05, 0) is 20.3 Å². The number of hydrogen-bond acceptors (Lipinski definition) is 3. The van der Waals surface area contributed by atoms with E-state index < -0.39 is 0 Å². The average Bonchev–Trinajstić information content (AvgIpc) is 1.98. The lowest BCUT2D eigenvalue weighted by molar-refractivity contribution is -0.118. The first kappa shape index (κ1) is 12.8. The summed E-state index contributed by atoms with van der Waals surface area (Å²) in [5.74, 6) is 1.43. The van der Waals surface area contributed by atoms with Crippen LogP contribution in [0, 0.1) is 0 Å². The summed E-state index contributed by atoms with van der Waals surface area (Å²) in [6.07, 6.45) is 0.985. The topological polar surface area (TPSA) is 55.1 Å². The number of nitrogens with one attached hydrogen (secondary N) is 1. The van der Waals surface area contributed by atoms with E-state index >= 15 is 0 Å². The Bertz CT molecular complexity index is 154. The predicted molar refractivity (Wildman–Crippen MR) is 58.9 cm³/mol. The molecular formula is C9H20N2OS. The molecule has 4 heteroatoms. The Kier molecular flexibility index (Phi) is 6.16. The van der Waals surface area contributed by atoms with Crippen molar-refractivity contribution in [2.24, 2.45) is 5.73 Å². The highest BCUT2D eigenvalue weighted by atomic mass is 32.2. The van der Waals surface area contributed by atoms with Crippen molar-refractivity contribution in [3.05, 3.63) is 0 Å². The summed E-state index contributed by atoms with van der Waals surface area (Å²) in [6, 6.07) is 0. The van der Waals surface area contributed by atoms with Gasteiger partial charge in [0.25, 0.3) is 0 Å². The minimum absolute atomic E-state index is 0.108. The molecule has 0 saturated carbocycles. The van der Waals surface area contributed by atoms with Gasteiger partial charge in [-0.25, -0.2) is 0 Å². The van der Waals surface area contributed by atoms with E-state index in [2.05, 4.69) is 5.32 Å². The van der Waals surface area contributed by atoms with Gasteiger partial charge in [-0.2, -0.15) is 11.8 Å². The maximum Gasteiger partial charge on any atom is 0.229 e. The number of thioether (sulfide) groups is 1. The van der Waals surface area contributed by atoms with Crippen LogP contribution in [0.1, 0.15) is 27.2 Å². The monoisotopic (exact) mass is 204 g/mol. The molecule has 0 aliphatic rings. The summed E-state index contributed by atoms with van der Waals surface area (Å²) >= 11 is 1.58. The van der Waals surface area contributed by atoms with E-state index in [0.717, 1.165) is 18.7 Å². The van der Waals surface area contributed by atoms with Crippen molar-refractivity contribution in [3.8, 4) is 0 Å². The highest BCUT2D eigenvalue weighted by molar-refractivity contribution is 8.00. The van der Waals surface area contributed by atoms with Crippen LogP contribution in [0.5, 0.6) is 0 Å². The van der Waals surface area contributed by atoms with Crippen molar-refractivity contribution >= 4 is 17.7 Å². The van der Waals surface area contributed by atoms with Gasteiger partial charge in [0.05, 0.1) is 5.75 Å².